The number of amides is 1. The predicted octanol–water partition coefficient (Wildman–Crippen LogP) is 1.52. The number of aliphatic carboxylic acids is 1. The van der Waals surface area contributed by atoms with Gasteiger partial charge in [-0.2, -0.15) is 0 Å². The lowest BCUT2D eigenvalue weighted by molar-refractivity contribution is -0.151. The molecule has 0 saturated heterocycles. The maximum Gasteiger partial charge on any atom is 0.323 e. The smallest absolute Gasteiger partial charge is 0.323 e. The maximum atomic E-state index is 12.5. The van der Waals surface area contributed by atoms with Crippen molar-refractivity contribution in [1.29, 1.82) is 0 Å². The molecule has 0 radical (unpaired) electrons. The van der Waals surface area contributed by atoms with E-state index in [2.05, 4.69) is 0 Å². The van der Waals surface area contributed by atoms with Gasteiger partial charge in [0.05, 0.1) is 6.61 Å². The van der Waals surface area contributed by atoms with E-state index >= 15 is 0 Å². The Morgan fingerprint density at radius 3 is 2.39 bits per heavy atom. The average molecular weight is 257 g/mol. The van der Waals surface area contributed by atoms with E-state index in [1.54, 1.807) is 7.11 Å². The van der Waals surface area contributed by atoms with E-state index in [0.717, 1.165) is 25.7 Å². The Balaban J connectivity index is 2.69. The standard InChI is InChI=1S/C13H23NO4/c1-13(6-4-3-5-7-13)12(17)14(8-9-18-2)10-11(15)16/h3-10H2,1-2H3,(H,15,16). The first-order chi connectivity index (χ1) is 8.49. The fourth-order valence-corrected chi connectivity index (χ4v) is 2.54. The quantitative estimate of drug-likeness (QED) is 0.783. The van der Waals surface area contributed by atoms with Crippen molar-refractivity contribution in [2.24, 2.45) is 5.41 Å². The zero-order valence-corrected chi connectivity index (χ0v) is 11.3. The summed E-state index contributed by atoms with van der Waals surface area (Å²) in [6, 6.07) is 0. The second-order valence-corrected chi connectivity index (χ2v) is 5.23. The summed E-state index contributed by atoms with van der Waals surface area (Å²) in [5.74, 6) is -1.01. The van der Waals surface area contributed by atoms with Gasteiger partial charge in [0.25, 0.3) is 0 Å². The minimum Gasteiger partial charge on any atom is -0.480 e. The average Bonchev–Trinajstić information content (AvgIpc) is 2.34. The van der Waals surface area contributed by atoms with Crippen molar-refractivity contribution in [2.75, 3.05) is 26.8 Å². The van der Waals surface area contributed by atoms with E-state index in [1.807, 2.05) is 6.92 Å². The van der Waals surface area contributed by atoms with E-state index in [0.29, 0.717) is 13.2 Å². The second-order valence-electron chi connectivity index (χ2n) is 5.23. The van der Waals surface area contributed by atoms with Gasteiger partial charge in [-0.25, -0.2) is 0 Å². The van der Waals surface area contributed by atoms with Crippen LogP contribution >= 0.6 is 0 Å². The predicted molar refractivity (Wildman–Crippen MR) is 67.3 cm³/mol. The SMILES string of the molecule is COCCN(CC(=O)O)C(=O)C1(C)CCCCC1. The van der Waals surface area contributed by atoms with Crippen molar-refractivity contribution in [3.8, 4) is 0 Å². The van der Waals surface area contributed by atoms with E-state index in [4.69, 9.17) is 9.84 Å². The first kappa shape index (κ1) is 15.0. The molecule has 0 spiro atoms. The minimum absolute atomic E-state index is 0.0401. The summed E-state index contributed by atoms with van der Waals surface area (Å²) in [6.45, 7) is 2.43. The molecule has 0 heterocycles. The van der Waals surface area contributed by atoms with E-state index in [1.165, 1.54) is 11.3 Å². The summed E-state index contributed by atoms with van der Waals surface area (Å²) in [5, 5.41) is 8.88. The zero-order valence-electron chi connectivity index (χ0n) is 11.3. The molecule has 1 aliphatic carbocycles. The van der Waals surface area contributed by atoms with E-state index in [9.17, 15) is 9.59 Å². The van der Waals surface area contributed by atoms with Crippen LogP contribution in [0.2, 0.25) is 0 Å². The molecule has 104 valence electrons. The van der Waals surface area contributed by atoms with Crippen molar-refractivity contribution < 1.29 is 19.4 Å². The summed E-state index contributed by atoms with van der Waals surface area (Å²) < 4.78 is 4.94. The van der Waals surface area contributed by atoms with Crippen molar-refractivity contribution in [3.63, 3.8) is 0 Å². The highest BCUT2D eigenvalue weighted by Gasteiger charge is 2.37. The summed E-state index contributed by atoms with van der Waals surface area (Å²) in [4.78, 5) is 24.7. The Hall–Kier alpha value is -1.10. The topological polar surface area (TPSA) is 66.8 Å². The summed E-state index contributed by atoms with van der Waals surface area (Å²) >= 11 is 0. The van der Waals surface area contributed by atoms with Crippen LogP contribution in [0, 0.1) is 5.41 Å². The molecule has 0 atom stereocenters. The molecule has 1 aliphatic rings. The number of rotatable bonds is 6. The minimum atomic E-state index is -0.973. The van der Waals surface area contributed by atoms with E-state index < -0.39 is 5.97 Å². The first-order valence-corrected chi connectivity index (χ1v) is 6.50. The number of carboxylic acid groups (broad SMARTS) is 1. The molecule has 1 fully saturated rings. The molecule has 0 aromatic rings. The van der Waals surface area contributed by atoms with Crippen LogP contribution < -0.4 is 0 Å². The second kappa shape index (κ2) is 6.73. The molecule has 1 amide bonds. The van der Waals surface area contributed by atoms with Gasteiger partial charge in [-0.3, -0.25) is 9.59 Å². The number of hydrogen-bond acceptors (Lipinski definition) is 3. The lowest BCUT2D eigenvalue weighted by Crippen LogP contribution is -2.46. The van der Waals surface area contributed by atoms with Crippen LogP contribution in [-0.2, 0) is 14.3 Å². The molecule has 0 aromatic heterocycles. The molecular formula is C13H23NO4. The number of nitrogens with zero attached hydrogens (tertiary/aromatic N) is 1. The fraction of sp³-hybridized carbons (Fsp3) is 0.846. The number of methoxy groups -OCH3 is 1. The van der Waals surface area contributed by atoms with Crippen molar-refractivity contribution in [2.45, 2.75) is 39.0 Å². The molecule has 0 aliphatic heterocycles. The molecule has 18 heavy (non-hydrogen) atoms. The normalized spacial score (nSPS) is 18.3. The third kappa shape index (κ3) is 3.98. The number of carbonyl (C=O) groups excluding carboxylic acids is 1. The third-order valence-corrected chi connectivity index (χ3v) is 3.65. The Morgan fingerprint density at radius 1 is 1.28 bits per heavy atom. The highest BCUT2D eigenvalue weighted by molar-refractivity contribution is 5.85. The Labute approximate surface area is 108 Å². The molecule has 5 heteroatoms. The van der Waals surface area contributed by atoms with Gasteiger partial charge in [0.2, 0.25) is 5.91 Å². The number of hydrogen-bond donors (Lipinski definition) is 1. The van der Waals surface area contributed by atoms with Gasteiger partial charge in [0.1, 0.15) is 6.54 Å². The van der Waals surface area contributed by atoms with Crippen molar-refractivity contribution in [3.05, 3.63) is 0 Å². The van der Waals surface area contributed by atoms with Gasteiger partial charge in [-0.15, -0.1) is 0 Å². The van der Waals surface area contributed by atoms with Crippen LogP contribution in [0.1, 0.15) is 39.0 Å². The van der Waals surface area contributed by atoms with Gasteiger partial charge in [-0.1, -0.05) is 26.2 Å². The van der Waals surface area contributed by atoms with Crippen LogP contribution in [-0.4, -0.2) is 48.7 Å². The zero-order chi connectivity index (χ0) is 13.6. The van der Waals surface area contributed by atoms with Crippen LogP contribution in [0.25, 0.3) is 0 Å². The van der Waals surface area contributed by atoms with Gasteiger partial charge in [-0.05, 0) is 12.8 Å². The summed E-state index contributed by atoms with van der Waals surface area (Å²) in [7, 11) is 1.55. The highest BCUT2D eigenvalue weighted by Crippen LogP contribution is 2.37. The van der Waals surface area contributed by atoms with Crippen molar-refractivity contribution >= 4 is 11.9 Å². The molecule has 0 aromatic carbocycles. The van der Waals surface area contributed by atoms with Crippen LogP contribution in [0.3, 0.4) is 0 Å². The van der Waals surface area contributed by atoms with E-state index in [-0.39, 0.29) is 17.9 Å². The molecule has 0 unspecified atom stereocenters. The van der Waals surface area contributed by atoms with Gasteiger partial charge < -0.3 is 14.7 Å². The molecule has 0 bridgehead atoms. The lowest BCUT2D eigenvalue weighted by Gasteiger charge is -2.36. The Morgan fingerprint density at radius 2 is 1.89 bits per heavy atom. The van der Waals surface area contributed by atoms with Crippen LogP contribution in [0.15, 0.2) is 0 Å². The van der Waals surface area contributed by atoms with Gasteiger partial charge in [0, 0.05) is 19.1 Å². The maximum absolute atomic E-state index is 12.5. The summed E-state index contributed by atoms with van der Waals surface area (Å²) in [6.07, 6.45) is 4.98. The monoisotopic (exact) mass is 257 g/mol. The van der Waals surface area contributed by atoms with Crippen LogP contribution in [0.5, 0.6) is 0 Å². The van der Waals surface area contributed by atoms with Crippen molar-refractivity contribution in [1.82, 2.24) is 4.90 Å². The van der Waals surface area contributed by atoms with Gasteiger partial charge >= 0.3 is 5.97 Å². The molecule has 1 saturated carbocycles. The molecule has 1 rings (SSSR count). The lowest BCUT2D eigenvalue weighted by atomic mass is 9.74. The summed E-state index contributed by atoms with van der Waals surface area (Å²) in [5.41, 5.74) is -0.387. The largest absolute Gasteiger partial charge is 0.480 e. The Kier molecular flexibility index (Phi) is 5.59. The highest BCUT2D eigenvalue weighted by atomic mass is 16.5. The first-order valence-electron chi connectivity index (χ1n) is 6.50. The number of carboxylic acids is 1. The number of ether oxygens (including phenoxy) is 1. The molecular weight excluding hydrogens is 234 g/mol. The van der Waals surface area contributed by atoms with Gasteiger partial charge in [0.15, 0.2) is 0 Å². The Bertz CT molecular complexity index is 297. The number of carbonyl (C=O) groups is 2. The third-order valence-electron chi connectivity index (χ3n) is 3.65. The fourth-order valence-electron chi connectivity index (χ4n) is 2.54. The molecule has 5 nitrogen and oxygen atoms in total. The molecule has 1 N–H and O–H groups in total. The van der Waals surface area contributed by atoms with Crippen LogP contribution in [0.4, 0.5) is 0 Å².